The highest BCUT2D eigenvalue weighted by molar-refractivity contribution is 7.13. The third-order valence-electron chi connectivity index (χ3n) is 2.27. The Kier molecular flexibility index (Phi) is 3.29. The van der Waals surface area contributed by atoms with Crippen LogP contribution in [-0.2, 0) is 0 Å². The van der Waals surface area contributed by atoms with Crippen LogP contribution in [0.3, 0.4) is 0 Å². The maximum atomic E-state index is 3.99. The topological polar surface area (TPSA) is 37.8 Å². The lowest BCUT2D eigenvalue weighted by Gasteiger charge is -2.15. The second-order valence-electron chi connectivity index (χ2n) is 3.26. The van der Waals surface area contributed by atoms with Crippen molar-refractivity contribution in [1.29, 1.82) is 0 Å². The van der Waals surface area contributed by atoms with Crippen LogP contribution in [0, 0.1) is 0 Å². The van der Waals surface area contributed by atoms with Gasteiger partial charge in [0.05, 0.1) is 6.04 Å². The fourth-order valence-corrected chi connectivity index (χ4v) is 1.99. The zero-order chi connectivity index (χ0) is 10.5. The van der Waals surface area contributed by atoms with Crippen molar-refractivity contribution in [3.8, 4) is 0 Å². The number of aromatic nitrogens is 2. The first-order valence-electron chi connectivity index (χ1n) is 4.98. The predicted octanol–water partition coefficient (Wildman–Crippen LogP) is 3.10. The standard InChI is InChI=1S/C11H13N3S/c1-2-10(9-6-4-3-5-7-9)13-11-14-12-8-15-11/h3-8,10H,2H2,1H3,(H,13,14). The summed E-state index contributed by atoms with van der Waals surface area (Å²) in [7, 11) is 0. The summed E-state index contributed by atoms with van der Waals surface area (Å²) in [5.41, 5.74) is 3.02. The van der Waals surface area contributed by atoms with Crippen molar-refractivity contribution in [1.82, 2.24) is 10.2 Å². The van der Waals surface area contributed by atoms with Gasteiger partial charge in [-0.25, -0.2) is 0 Å². The summed E-state index contributed by atoms with van der Waals surface area (Å²) in [5.74, 6) is 0. The van der Waals surface area contributed by atoms with Crippen LogP contribution in [0.5, 0.6) is 0 Å². The van der Waals surface area contributed by atoms with Gasteiger partial charge in [-0.05, 0) is 12.0 Å². The van der Waals surface area contributed by atoms with E-state index in [0.717, 1.165) is 11.6 Å². The van der Waals surface area contributed by atoms with Gasteiger partial charge in [-0.15, -0.1) is 10.2 Å². The van der Waals surface area contributed by atoms with E-state index >= 15 is 0 Å². The molecule has 2 aromatic rings. The van der Waals surface area contributed by atoms with Gasteiger partial charge in [0, 0.05) is 0 Å². The van der Waals surface area contributed by atoms with Crippen molar-refractivity contribution in [3.63, 3.8) is 0 Å². The molecule has 1 N–H and O–H groups in total. The Bertz CT molecular complexity index is 385. The number of anilines is 1. The molecule has 0 saturated heterocycles. The van der Waals surface area contributed by atoms with Crippen LogP contribution in [0.2, 0.25) is 0 Å². The lowest BCUT2D eigenvalue weighted by atomic mass is 10.1. The molecule has 0 saturated carbocycles. The van der Waals surface area contributed by atoms with Crippen molar-refractivity contribution in [2.24, 2.45) is 0 Å². The summed E-state index contributed by atoms with van der Waals surface area (Å²) < 4.78 is 0. The number of nitrogens with zero attached hydrogens (tertiary/aromatic N) is 2. The van der Waals surface area contributed by atoms with E-state index in [2.05, 4.69) is 46.7 Å². The molecule has 0 aliphatic heterocycles. The zero-order valence-electron chi connectivity index (χ0n) is 8.55. The van der Waals surface area contributed by atoms with Crippen LogP contribution in [0.15, 0.2) is 35.8 Å². The van der Waals surface area contributed by atoms with Gasteiger partial charge in [-0.3, -0.25) is 0 Å². The van der Waals surface area contributed by atoms with Crippen LogP contribution in [-0.4, -0.2) is 10.2 Å². The van der Waals surface area contributed by atoms with E-state index in [9.17, 15) is 0 Å². The fourth-order valence-electron chi connectivity index (χ4n) is 1.49. The van der Waals surface area contributed by atoms with E-state index in [4.69, 9.17) is 0 Å². The van der Waals surface area contributed by atoms with Gasteiger partial charge in [0.15, 0.2) is 0 Å². The average Bonchev–Trinajstić information content (AvgIpc) is 2.80. The van der Waals surface area contributed by atoms with Crippen molar-refractivity contribution in [2.45, 2.75) is 19.4 Å². The number of hydrogen-bond donors (Lipinski definition) is 1. The van der Waals surface area contributed by atoms with Gasteiger partial charge < -0.3 is 5.32 Å². The van der Waals surface area contributed by atoms with E-state index in [1.165, 1.54) is 16.9 Å². The van der Waals surface area contributed by atoms with Crippen LogP contribution < -0.4 is 5.32 Å². The minimum absolute atomic E-state index is 0.319. The Hall–Kier alpha value is -1.42. The molecule has 0 spiro atoms. The van der Waals surface area contributed by atoms with Crippen LogP contribution in [0.4, 0.5) is 5.13 Å². The lowest BCUT2D eigenvalue weighted by molar-refractivity contribution is 0.746. The van der Waals surface area contributed by atoms with Crippen LogP contribution in [0.1, 0.15) is 24.9 Å². The zero-order valence-corrected chi connectivity index (χ0v) is 9.37. The van der Waals surface area contributed by atoms with Crippen molar-refractivity contribution in [2.75, 3.05) is 5.32 Å². The van der Waals surface area contributed by atoms with Gasteiger partial charge in [0.1, 0.15) is 5.51 Å². The minimum atomic E-state index is 0.319. The van der Waals surface area contributed by atoms with E-state index < -0.39 is 0 Å². The molecule has 4 heteroatoms. The molecular weight excluding hydrogens is 206 g/mol. The first-order valence-corrected chi connectivity index (χ1v) is 5.85. The number of nitrogens with one attached hydrogen (secondary N) is 1. The normalized spacial score (nSPS) is 12.3. The number of rotatable bonds is 4. The number of hydrogen-bond acceptors (Lipinski definition) is 4. The predicted molar refractivity (Wildman–Crippen MR) is 63.0 cm³/mol. The summed E-state index contributed by atoms with van der Waals surface area (Å²) in [6.45, 7) is 2.16. The molecule has 1 heterocycles. The Morgan fingerprint density at radius 1 is 1.33 bits per heavy atom. The van der Waals surface area contributed by atoms with Crippen LogP contribution in [0.25, 0.3) is 0 Å². The maximum Gasteiger partial charge on any atom is 0.205 e. The summed E-state index contributed by atoms with van der Waals surface area (Å²) >= 11 is 1.53. The molecule has 0 fully saturated rings. The second kappa shape index (κ2) is 4.89. The van der Waals surface area contributed by atoms with Gasteiger partial charge in [0.25, 0.3) is 0 Å². The fraction of sp³-hybridized carbons (Fsp3) is 0.273. The van der Waals surface area contributed by atoms with E-state index in [-0.39, 0.29) is 0 Å². The quantitative estimate of drug-likeness (QED) is 0.858. The molecule has 15 heavy (non-hydrogen) atoms. The third kappa shape index (κ3) is 2.53. The van der Waals surface area contributed by atoms with Gasteiger partial charge in [-0.1, -0.05) is 48.6 Å². The Labute approximate surface area is 93.2 Å². The smallest absolute Gasteiger partial charge is 0.205 e. The summed E-state index contributed by atoms with van der Waals surface area (Å²) in [6, 6.07) is 10.7. The molecule has 3 nitrogen and oxygen atoms in total. The molecule has 1 atom stereocenters. The lowest BCUT2D eigenvalue weighted by Crippen LogP contribution is -2.09. The van der Waals surface area contributed by atoms with Crippen LogP contribution >= 0.6 is 11.3 Å². The molecule has 1 aromatic carbocycles. The van der Waals surface area contributed by atoms with E-state index in [1.807, 2.05) is 6.07 Å². The highest BCUT2D eigenvalue weighted by Crippen LogP contribution is 2.22. The van der Waals surface area contributed by atoms with Gasteiger partial charge >= 0.3 is 0 Å². The summed E-state index contributed by atoms with van der Waals surface area (Å²) in [6.07, 6.45) is 1.03. The molecule has 2 rings (SSSR count). The Morgan fingerprint density at radius 3 is 2.73 bits per heavy atom. The SMILES string of the molecule is CCC(Nc1nncs1)c1ccccc1. The summed E-state index contributed by atoms with van der Waals surface area (Å²) in [4.78, 5) is 0. The van der Waals surface area contributed by atoms with Crippen molar-refractivity contribution >= 4 is 16.5 Å². The minimum Gasteiger partial charge on any atom is -0.353 e. The van der Waals surface area contributed by atoms with Gasteiger partial charge in [-0.2, -0.15) is 0 Å². The average molecular weight is 219 g/mol. The van der Waals surface area contributed by atoms with E-state index in [1.54, 1.807) is 5.51 Å². The van der Waals surface area contributed by atoms with Crippen molar-refractivity contribution < 1.29 is 0 Å². The first kappa shape index (κ1) is 10.1. The largest absolute Gasteiger partial charge is 0.353 e. The molecular formula is C11H13N3S. The Balaban J connectivity index is 2.12. The maximum absolute atomic E-state index is 3.99. The Morgan fingerprint density at radius 2 is 2.13 bits per heavy atom. The monoisotopic (exact) mass is 219 g/mol. The third-order valence-corrected chi connectivity index (χ3v) is 2.89. The van der Waals surface area contributed by atoms with E-state index in [0.29, 0.717) is 6.04 Å². The molecule has 1 aromatic heterocycles. The highest BCUT2D eigenvalue weighted by atomic mass is 32.1. The molecule has 1 unspecified atom stereocenters. The highest BCUT2D eigenvalue weighted by Gasteiger charge is 2.09. The summed E-state index contributed by atoms with van der Waals surface area (Å²) in [5, 5.41) is 12.0. The van der Waals surface area contributed by atoms with Crippen molar-refractivity contribution in [3.05, 3.63) is 41.4 Å². The second-order valence-corrected chi connectivity index (χ2v) is 4.09. The molecule has 0 aliphatic rings. The first-order chi connectivity index (χ1) is 7.40. The number of benzene rings is 1. The molecule has 0 amide bonds. The molecule has 0 aliphatic carbocycles. The van der Waals surface area contributed by atoms with Gasteiger partial charge in [0.2, 0.25) is 5.13 Å². The molecule has 78 valence electrons. The molecule has 0 radical (unpaired) electrons. The molecule has 0 bridgehead atoms.